The Morgan fingerprint density at radius 2 is 1.62 bits per heavy atom. The van der Waals surface area contributed by atoms with Crippen LogP contribution in [-0.4, -0.2) is 44.0 Å². The molecule has 3 aromatic carbocycles. The van der Waals surface area contributed by atoms with Crippen molar-refractivity contribution in [3.8, 4) is 5.75 Å². The minimum absolute atomic E-state index is 0.303. The number of piperazine rings is 1. The third kappa shape index (κ3) is 4.50. The molecular formula is C23H25N2O3S+. The number of nitrogens with one attached hydrogen (secondary N) is 1. The molecule has 0 unspecified atom stereocenters. The van der Waals surface area contributed by atoms with Crippen molar-refractivity contribution in [3.05, 3.63) is 83.3 Å². The van der Waals surface area contributed by atoms with E-state index >= 15 is 0 Å². The zero-order valence-electron chi connectivity index (χ0n) is 16.2. The summed E-state index contributed by atoms with van der Waals surface area (Å²) < 4.78 is 26.8. The number of hydrogen-bond acceptors (Lipinski definition) is 3. The van der Waals surface area contributed by atoms with Gasteiger partial charge in [-0.15, -0.1) is 0 Å². The summed E-state index contributed by atoms with van der Waals surface area (Å²) in [7, 11) is -3.43. The molecule has 1 aliphatic rings. The van der Waals surface area contributed by atoms with Crippen molar-refractivity contribution in [1.82, 2.24) is 4.31 Å². The Kier molecular flexibility index (Phi) is 5.67. The molecule has 2 N–H and O–H groups in total. The molecule has 150 valence electrons. The van der Waals surface area contributed by atoms with Crippen LogP contribution in [0, 0.1) is 0 Å². The van der Waals surface area contributed by atoms with E-state index in [1.165, 1.54) is 10.3 Å². The number of benzene rings is 3. The highest BCUT2D eigenvalue weighted by Gasteiger charge is 2.28. The normalized spacial score (nSPS) is 16.6. The highest BCUT2D eigenvalue weighted by atomic mass is 32.2. The Balaban J connectivity index is 1.42. The molecule has 1 aliphatic heterocycles. The van der Waals surface area contributed by atoms with Gasteiger partial charge in [0.25, 0.3) is 0 Å². The van der Waals surface area contributed by atoms with Crippen molar-refractivity contribution < 1.29 is 18.4 Å². The number of hydrogen-bond donors (Lipinski definition) is 2. The Bertz CT molecular complexity index is 1120. The van der Waals surface area contributed by atoms with Gasteiger partial charge in [-0.1, -0.05) is 60.7 Å². The topological polar surface area (TPSA) is 62.0 Å². The first kappa shape index (κ1) is 19.6. The van der Waals surface area contributed by atoms with Gasteiger partial charge in [0.15, 0.2) is 0 Å². The summed E-state index contributed by atoms with van der Waals surface area (Å²) in [5, 5.41) is 13.8. The molecule has 1 heterocycles. The van der Waals surface area contributed by atoms with E-state index in [-0.39, 0.29) is 0 Å². The smallest absolute Gasteiger partial charge is 0.236 e. The minimum Gasteiger partial charge on any atom is -0.507 e. The van der Waals surface area contributed by atoms with Crippen molar-refractivity contribution in [2.45, 2.75) is 6.54 Å². The second-order valence-corrected chi connectivity index (χ2v) is 9.19. The maximum absolute atomic E-state index is 12.6. The number of phenols is 1. The van der Waals surface area contributed by atoms with Gasteiger partial charge < -0.3 is 10.0 Å². The number of phenolic OH excluding ortho intramolecular Hbond substituents is 1. The highest BCUT2D eigenvalue weighted by Crippen LogP contribution is 2.26. The molecule has 5 nitrogen and oxygen atoms in total. The fourth-order valence-corrected chi connectivity index (χ4v) is 5.00. The van der Waals surface area contributed by atoms with Gasteiger partial charge in [0.05, 0.1) is 31.7 Å². The second kappa shape index (κ2) is 8.37. The summed E-state index contributed by atoms with van der Waals surface area (Å²) in [6.07, 6.45) is 1.64. The van der Waals surface area contributed by atoms with Crippen LogP contribution in [0.1, 0.15) is 11.1 Å². The van der Waals surface area contributed by atoms with Gasteiger partial charge in [0.1, 0.15) is 12.3 Å². The van der Waals surface area contributed by atoms with Crippen LogP contribution in [0.25, 0.3) is 16.8 Å². The first-order chi connectivity index (χ1) is 14.0. The second-order valence-electron chi connectivity index (χ2n) is 7.37. The van der Waals surface area contributed by atoms with Gasteiger partial charge >= 0.3 is 0 Å². The molecule has 0 amide bonds. The fraction of sp³-hybridized carbons (Fsp3) is 0.217. The summed E-state index contributed by atoms with van der Waals surface area (Å²) in [5.41, 5.74) is 1.80. The van der Waals surface area contributed by atoms with Crippen molar-refractivity contribution in [3.63, 3.8) is 0 Å². The van der Waals surface area contributed by atoms with E-state index in [4.69, 9.17) is 0 Å². The SMILES string of the molecule is O=S(=O)(/C=C/c1ccccc1)N1CC[NH+](Cc2c(O)ccc3ccccc23)CC1. The molecule has 29 heavy (non-hydrogen) atoms. The first-order valence-corrected chi connectivity index (χ1v) is 11.3. The molecule has 6 heteroatoms. The molecule has 1 saturated heterocycles. The lowest BCUT2D eigenvalue weighted by Crippen LogP contribution is -3.13. The molecule has 3 aromatic rings. The molecule has 0 radical (unpaired) electrons. The average Bonchev–Trinajstić information content (AvgIpc) is 2.75. The van der Waals surface area contributed by atoms with Crippen LogP contribution in [0.2, 0.25) is 0 Å². The van der Waals surface area contributed by atoms with E-state index in [0.717, 1.165) is 21.9 Å². The van der Waals surface area contributed by atoms with Gasteiger partial charge in [-0.3, -0.25) is 0 Å². The largest absolute Gasteiger partial charge is 0.507 e. The molecule has 4 rings (SSSR count). The molecule has 0 spiro atoms. The van der Waals surface area contributed by atoms with E-state index in [2.05, 4.69) is 0 Å². The average molecular weight is 410 g/mol. The maximum atomic E-state index is 12.6. The predicted octanol–water partition coefficient (Wildman–Crippen LogP) is 2.25. The highest BCUT2D eigenvalue weighted by molar-refractivity contribution is 7.92. The monoisotopic (exact) mass is 409 g/mol. The van der Waals surface area contributed by atoms with Crippen LogP contribution in [0.15, 0.2) is 72.1 Å². The summed E-state index contributed by atoms with van der Waals surface area (Å²) >= 11 is 0. The van der Waals surface area contributed by atoms with Crippen molar-refractivity contribution in [2.75, 3.05) is 26.2 Å². The lowest BCUT2D eigenvalue weighted by molar-refractivity contribution is -0.917. The van der Waals surface area contributed by atoms with Gasteiger partial charge in [0, 0.05) is 5.41 Å². The molecule has 0 saturated carbocycles. The fourth-order valence-electron chi connectivity index (χ4n) is 3.81. The van der Waals surface area contributed by atoms with Crippen molar-refractivity contribution in [2.24, 2.45) is 0 Å². The van der Waals surface area contributed by atoms with Gasteiger partial charge in [0.2, 0.25) is 10.0 Å². The minimum atomic E-state index is -3.43. The van der Waals surface area contributed by atoms with Crippen LogP contribution < -0.4 is 4.90 Å². The van der Waals surface area contributed by atoms with E-state index in [1.54, 1.807) is 16.4 Å². The molecule has 1 fully saturated rings. The van der Waals surface area contributed by atoms with Crippen LogP contribution in [0.4, 0.5) is 0 Å². The van der Waals surface area contributed by atoms with Crippen LogP contribution in [0.5, 0.6) is 5.75 Å². The third-order valence-corrected chi connectivity index (χ3v) is 7.03. The Labute approximate surface area is 171 Å². The van der Waals surface area contributed by atoms with E-state index < -0.39 is 10.0 Å². The summed E-state index contributed by atoms with van der Waals surface area (Å²) in [6, 6.07) is 21.1. The Morgan fingerprint density at radius 3 is 2.38 bits per heavy atom. The molecule has 0 aliphatic carbocycles. The maximum Gasteiger partial charge on any atom is 0.236 e. The van der Waals surface area contributed by atoms with Gasteiger partial charge in [-0.05, 0) is 28.5 Å². The van der Waals surface area contributed by atoms with E-state index in [1.807, 2.05) is 60.7 Å². The number of aromatic hydroxyl groups is 1. The number of sulfonamides is 1. The number of quaternary nitrogens is 1. The molecular weight excluding hydrogens is 384 g/mol. The Hall–Kier alpha value is -2.67. The zero-order valence-corrected chi connectivity index (χ0v) is 17.0. The van der Waals surface area contributed by atoms with Crippen molar-refractivity contribution in [1.29, 1.82) is 0 Å². The Morgan fingerprint density at radius 1 is 0.931 bits per heavy atom. The van der Waals surface area contributed by atoms with Gasteiger partial charge in [-0.25, -0.2) is 8.42 Å². The first-order valence-electron chi connectivity index (χ1n) is 9.79. The summed E-state index contributed by atoms with van der Waals surface area (Å²) in [4.78, 5) is 1.27. The lowest BCUT2D eigenvalue weighted by Gasteiger charge is -2.31. The van der Waals surface area contributed by atoms with Crippen molar-refractivity contribution >= 4 is 26.9 Å². The van der Waals surface area contributed by atoms with Crippen LogP contribution in [-0.2, 0) is 16.6 Å². The number of nitrogens with zero attached hydrogens (tertiary/aromatic N) is 1. The van der Waals surface area contributed by atoms with E-state index in [0.29, 0.717) is 38.5 Å². The summed E-state index contributed by atoms with van der Waals surface area (Å²) in [5.74, 6) is 0.303. The lowest BCUT2D eigenvalue weighted by atomic mass is 10.0. The van der Waals surface area contributed by atoms with Crippen LogP contribution in [0.3, 0.4) is 0 Å². The molecule has 0 bridgehead atoms. The molecule has 0 atom stereocenters. The molecule has 0 aromatic heterocycles. The standard InChI is InChI=1S/C23H24N2O3S/c26-23-11-10-20-8-4-5-9-21(20)22(23)18-24-13-15-25(16-14-24)29(27,28)17-12-19-6-2-1-3-7-19/h1-12,17,26H,13-16,18H2/p+1/b17-12+. The predicted molar refractivity (Wildman–Crippen MR) is 116 cm³/mol. The number of fused-ring (bicyclic) bond motifs is 1. The third-order valence-electron chi connectivity index (χ3n) is 5.46. The number of rotatable bonds is 5. The van der Waals surface area contributed by atoms with Crippen LogP contribution >= 0.6 is 0 Å². The quantitative estimate of drug-likeness (QED) is 0.680. The summed E-state index contributed by atoms with van der Waals surface area (Å²) in [6.45, 7) is 3.05. The van der Waals surface area contributed by atoms with Gasteiger partial charge in [-0.2, -0.15) is 4.31 Å². The van der Waals surface area contributed by atoms with E-state index in [9.17, 15) is 13.5 Å². The zero-order chi connectivity index (χ0) is 20.3.